The van der Waals surface area contributed by atoms with Gasteiger partial charge in [0.25, 0.3) is 5.56 Å². The van der Waals surface area contributed by atoms with Crippen LogP contribution in [0.15, 0.2) is 35.4 Å². The maximum Gasteiger partial charge on any atom is 0.256 e. The first kappa shape index (κ1) is 15.8. The third kappa shape index (κ3) is 3.72. The Labute approximate surface area is 128 Å². The quantitative estimate of drug-likeness (QED) is 0.915. The van der Waals surface area contributed by atoms with Crippen molar-refractivity contribution in [3.63, 3.8) is 0 Å². The van der Waals surface area contributed by atoms with Crippen molar-refractivity contribution in [1.29, 1.82) is 0 Å². The molecule has 0 aliphatic carbocycles. The molecular weight excluding hydrogens is 282 g/mol. The van der Waals surface area contributed by atoms with Crippen molar-refractivity contribution in [1.82, 2.24) is 9.55 Å². The molecule has 0 spiro atoms. The molecular formula is C16H19N3O3. The summed E-state index contributed by atoms with van der Waals surface area (Å²) in [5, 5.41) is 2.78. The third-order valence-corrected chi connectivity index (χ3v) is 3.47. The molecule has 116 valence electrons. The number of ether oxygens (including phenoxy) is 1. The van der Waals surface area contributed by atoms with Gasteiger partial charge in [-0.3, -0.25) is 14.2 Å². The molecule has 0 fully saturated rings. The van der Waals surface area contributed by atoms with E-state index in [1.807, 2.05) is 0 Å². The lowest BCUT2D eigenvalue weighted by atomic mass is 10.2. The zero-order valence-electron chi connectivity index (χ0n) is 12.9. The number of carbonyl (C=O) groups is 1. The van der Waals surface area contributed by atoms with Gasteiger partial charge in [0.2, 0.25) is 5.91 Å². The molecule has 0 aliphatic heterocycles. The smallest absolute Gasteiger partial charge is 0.256 e. The van der Waals surface area contributed by atoms with Gasteiger partial charge < -0.3 is 10.1 Å². The van der Waals surface area contributed by atoms with Crippen LogP contribution in [0.5, 0.6) is 5.75 Å². The molecule has 0 atom stereocenters. The molecule has 1 aromatic heterocycles. The zero-order chi connectivity index (χ0) is 16.1. The summed E-state index contributed by atoms with van der Waals surface area (Å²) in [5.74, 6) is 0.570. The van der Waals surface area contributed by atoms with Gasteiger partial charge in [-0.25, -0.2) is 4.98 Å². The predicted octanol–water partition coefficient (Wildman–Crippen LogP) is 1.90. The number of rotatable bonds is 5. The highest BCUT2D eigenvalue weighted by atomic mass is 16.5. The number of methoxy groups -OCH3 is 1. The van der Waals surface area contributed by atoms with Gasteiger partial charge in [0, 0.05) is 29.9 Å². The molecule has 2 rings (SSSR count). The van der Waals surface area contributed by atoms with Crippen molar-refractivity contribution in [2.75, 3.05) is 12.4 Å². The molecule has 1 amide bonds. The van der Waals surface area contributed by atoms with E-state index in [0.717, 1.165) is 5.75 Å². The maximum absolute atomic E-state index is 12.0. The number of hydrogen-bond acceptors (Lipinski definition) is 4. The number of aromatic nitrogens is 2. The molecule has 6 heteroatoms. The number of amides is 1. The Hall–Kier alpha value is -2.63. The van der Waals surface area contributed by atoms with Gasteiger partial charge in [-0.1, -0.05) is 0 Å². The summed E-state index contributed by atoms with van der Waals surface area (Å²) >= 11 is 0. The molecule has 0 saturated carbocycles. The van der Waals surface area contributed by atoms with Crippen molar-refractivity contribution in [3.05, 3.63) is 52.2 Å². The monoisotopic (exact) mass is 301 g/mol. The highest BCUT2D eigenvalue weighted by molar-refractivity contribution is 5.90. The fourth-order valence-electron chi connectivity index (χ4n) is 1.95. The molecule has 0 unspecified atom stereocenters. The minimum Gasteiger partial charge on any atom is -0.497 e. The number of benzene rings is 1. The number of aryl methyl sites for hydroxylation is 2. The number of hydrogen-bond donors (Lipinski definition) is 1. The third-order valence-electron chi connectivity index (χ3n) is 3.47. The van der Waals surface area contributed by atoms with Crippen LogP contribution in [-0.4, -0.2) is 22.6 Å². The average Bonchev–Trinajstić information content (AvgIpc) is 2.53. The van der Waals surface area contributed by atoms with E-state index >= 15 is 0 Å². The van der Waals surface area contributed by atoms with Crippen molar-refractivity contribution in [2.45, 2.75) is 26.8 Å². The molecule has 6 nitrogen and oxygen atoms in total. The van der Waals surface area contributed by atoms with E-state index in [0.29, 0.717) is 23.5 Å². The molecule has 1 N–H and O–H groups in total. The van der Waals surface area contributed by atoms with E-state index in [4.69, 9.17) is 4.74 Å². The second-order valence-corrected chi connectivity index (χ2v) is 4.98. The highest BCUT2D eigenvalue weighted by Gasteiger charge is 2.07. The molecule has 0 aliphatic rings. The summed E-state index contributed by atoms with van der Waals surface area (Å²) in [7, 11) is 1.59. The number of nitrogens with zero attached hydrogens (tertiary/aromatic N) is 2. The lowest BCUT2D eigenvalue weighted by molar-refractivity contribution is -0.116. The van der Waals surface area contributed by atoms with Crippen molar-refractivity contribution in [2.24, 2.45) is 0 Å². The number of nitrogens with one attached hydrogen (secondary N) is 1. The summed E-state index contributed by atoms with van der Waals surface area (Å²) in [6, 6.07) is 7.07. The maximum atomic E-state index is 12.0. The Morgan fingerprint density at radius 2 is 1.95 bits per heavy atom. The van der Waals surface area contributed by atoms with Crippen LogP contribution in [0, 0.1) is 13.8 Å². The fraction of sp³-hybridized carbons (Fsp3) is 0.312. The number of carbonyl (C=O) groups excluding carboxylic acids is 1. The van der Waals surface area contributed by atoms with Crippen LogP contribution in [0.4, 0.5) is 5.69 Å². The van der Waals surface area contributed by atoms with Gasteiger partial charge >= 0.3 is 0 Å². The molecule has 2 aromatic rings. The zero-order valence-corrected chi connectivity index (χ0v) is 12.9. The standard InChI is InChI=1S/C16H19N3O3/c1-11-12(2)17-10-19(16(11)21)9-8-15(20)18-13-4-6-14(22-3)7-5-13/h4-7,10H,8-9H2,1-3H3,(H,18,20). The normalized spacial score (nSPS) is 10.3. The summed E-state index contributed by atoms with van der Waals surface area (Å²) in [5.41, 5.74) is 1.91. The van der Waals surface area contributed by atoms with Gasteiger partial charge in [0.05, 0.1) is 13.4 Å². The Morgan fingerprint density at radius 3 is 2.59 bits per heavy atom. The SMILES string of the molecule is COc1ccc(NC(=O)CCn2cnc(C)c(C)c2=O)cc1. The van der Waals surface area contributed by atoms with Crippen LogP contribution in [0.2, 0.25) is 0 Å². The second kappa shape index (κ2) is 6.89. The molecule has 1 aromatic carbocycles. The van der Waals surface area contributed by atoms with Crippen LogP contribution >= 0.6 is 0 Å². The summed E-state index contributed by atoms with van der Waals surface area (Å²) in [6.45, 7) is 3.82. The van der Waals surface area contributed by atoms with E-state index in [1.54, 1.807) is 45.2 Å². The number of anilines is 1. The van der Waals surface area contributed by atoms with E-state index in [2.05, 4.69) is 10.3 Å². The van der Waals surface area contributed by atoms with Gasteiger partial charge in [0.15, 0.2) is 0 Å². The first-order valence-electron chi connectivity index (χ1n) is 6.98. The average molecular weight is 301 g/mol. The molecule has 0 bridgehead atoms. The Morgan fingerprint density at radius 1 is 1.27 bits per heavy atom. The second-order valence-electron chi connectivity index (χ2n) is 4.98. The topological polar surface area (TPSA) is 73.2 Å². The molecule has 0 saturated heterocycles. The Balaban J connectivity index is 1.95. The summed E-state index contributed by atoms with van der Waals surface area (Å²) < 4.78 is 6.51. The lowest BCUT2D eigenvalue weighted by Gasteiger charge is -2.09. The lowest BCUT2D eigenvalue weighted by Crippen LogP contribution is -2.26. The summed E-state index contributed by atoms with van der Waals surface area (Å²) in [4.78, 5) is 28.1. The first-order valence-corrected chi connectivity index (χ1v) is 6.98. The van der Waals surface area contributed by atoms with Crippen molar-refractivity contribution in [3.8, 4) is 5.75 Å². The van der Waals surface area contributed by atoms with E-state index in [1.165, 1.54) is 10.9 Å². The summed E-state index contributed by atoms with van der Waals surface area (Å²) in [6.07, 6.45) is 1.68. The predicted molar refractivity (Wildman–Crippen MR) is 84.2 cm³/mol. The van der Waals surface area contributed by atoms with Crippen LogP contribution in [-0.2, 0) is 11.3 Å². The first-order chi connectivity index (χ1) is 10.5. The van der Waals surface area contributed by atoms with Crippen LogP contribution in [0.1, 0.15) is 17.7 Å². The minimum absolute atomic E-state index is 0.107. The molecule has 0 radical (unpaired) electrons. The van der Waals surface area contributed by atoms with E-state index < -0.39 is 0 Å². The van der Waals surface area contributed by atoms with Gasteiger partial charge in [-0.05, 0) is 38.1 Å². The Bertz CT molecular complexity index is 720. The minimum atomic E-state index is -0.157. The Kier molecular flexibility index (Phi) is 4.93. The fourth-order valence-corrected chi connectivity index (χ4v) is 1.95. The molecule has 22 heavy (non-hydrogen) atoms. The van der Waals surface area contributed by atoms with E-state index in [-0.39, 0.29) is 17.9 Å². The van der Waals surface area contributed by atoms with Crippen LogP contribution < -0.4 is 15.6 Å². The van der Waals surface area contributed by atoms with E-state index in [9.17, 15) is 9.59 Å². The van der Waals surface area contributed by atoms with Gasteiger partial charge in [-0.15, -0.1) is 0 Å². The largest absolute Gasteiger partial charge is 0.497 e. The van der Waals surface area contributed by atoms with Crippen molar-refractivity contribution < 1.29 is 9.53 Å². The van der Waals surface area contributed by atoms with Gasteiger partial charge in [0.1, 0.15) is 5.75 Å². The van der Waals surface area contributed by atoms with Crippen LogP contribution in [0.3, 0.4) is 0 Å². The van der Waals surface area contributed by atoms with Crippen molar-refractivity contribution >= 4 is 11.6 Å². The van der Waals surface area contributed by atoms with Gasteiger partial charge in [-0.2, -0.15) is 0 Å². The molecule has 1 heterocycles. The highest BCUT2D eigenvalue weighted by Crippen LogP contribution is 2.15. The van der Waals surface area contributed by atoms with Crippen LogP contribution in [0.25, 0.3) is 0 Å².